The highest BCUT2D eigenvalue weighted by Gasteiger charge is 2.21. The van der Waals surface area contributed by atoms with Crippen LogP contribution in [0.1, 0.15) is 33.3 Å². The van der Waals surface area contributed by atoms with Crippen molar-refractivity contribution in [2.24, 2.45) is 5.92 Å². The number of urea groups is 1. The van der Waals surface area contributed by atoms with Crippen molar-refractivity contribution >= 4 is 17.6 Å². The molecule has 0 spiro atoms. The lowest BCUT2D eigenvalue weighted by molar-refractivity contribution is -0.119. The molecule has 0 fully saturated rings. The summed E-state index contributed by atoms with van der Waals surface area (Å²) in [6.07, 6.45) is 0.249. The van der Waals surface area contributed by atoms with E-state index in [1.807, 2.05) is 38.1 Å². The molecule has 22 heavy (non-hydrogen) atoms. The summed E-state index contributed by atoms with van der Waals surface area (Å²) in [7, 11) is 1.60. The van der Waals surface area contributed by atoms with Crippen molar-refractivity contribution in [1.82, 2.24) is 10.2 Å². The average molecular weight is 305 g/mol. The molecule has 1 aromatic rings. The quantitative estimate of drug-likeness (QED) is 0.849. The molecule has 1 unspecified atom stereocenters. The number of rotatable bonds is 6. The smallest absolute Gasteiger partial charge is 0.322 e. The lowest BCUT2D eigenvalue weighted by Gasteiger charge is -2.31. The van der Waals surface area contributed by atoms with Crippen molar-refractivity contribution in [3.63, 3.8) is 0 Å². The molecule has 2 N–H and O–H groups in total. The monoisotopic (exact) mass is 305 g/mol. The number of carbonyl (C=O) groups excluding carboxylic acids is 2. The molecule has 0 aromatic heterocycles. The van der Waals surface area contributed by atoms with Gasteiger partial charge in [0, 0.05) is 25.3 Å². The molecule has 0 aliphatic carbocycles. The Labute approximate surface area is 133 Å². The number of hydrogen-bond donors (Lipinski definition) is 2. The van der Waals surface area contributed by atoms with Gasteiger partial charge in [0.25, 0.3) is 0 Å². The van der Waals surface area contributed by atoms with Crippen LogP contribution in [0.2, 0.25) is 0 Å². The predicted octanol–water partition coefficient (Wildman–Crippen LogP) is 2.87. The summed E-state index contributed by atoms with van der Waals surface area (Å²) < 4.78 is 0. The number of para-hydroxylation sites is 1. The topological polar surface area (TPSA) is 61.4 Å². The van der Waals surface area contributed by atoms with Crippen molar-refractivity contribution in [3.05, 3.63) is 29.8 Å². The maximum absolute atomic E-state index is 12.5. The largest absolute Gasteiger partial charge is 0.359 e. The molecule has 5 heteroatoms. The summed E-state index contributed by atoms with van der Waals surface area (Å²) in [4.78, 5) is 25.9. The van der Waals surface area contributed by atoms with Crippen LogP contribution in [0, 0.1) is 5.92 Å². The van der Waals surface area contributed by atoms with E-state index in [2.05, 4.69) is 24.5 Å². The maximum Gasteiger partial charge on any atom is 0.322 e. The zero-order valence-electron chi connectivity index (χ0n) is 14.1. The van der Waals surface area contributed by atoms with E-state index in [9.17, 15) is 9.59 Å². The highest BCUT2D eigenvalue weighted by Crippen LogP contribution is 2.18. The Kier molecular flexibility index (Phi) is 6.89. The average Bonchev–Trinajstić information content (AvgIpc) is 2.49. The van der Waals surface area contributed by atoms with Crippen LogP contribution in [0.4, 0.5) is 10.5 Å². The highest BCUT2D eigenvalue weighted by atomic mass is 16.2. The normalized spacial score (nSPS) is 11.9. The molecule has 122 valence electrons. The molecule has 5 nitrogen and oxygen atoms in total. The standard InChI is InChI=1S/C17H27N3O2/c1-6-20(13(4)12(2)3)17(22)19-15-10-8-7-9-14(15)11-16(21)18-5/h7-10,12-13H,6,11H2,1-5H3,(H,18,21)(H,19,22). The van der Waals surface area contributed by atoms with Gasteiger partial charge in [-0.2, -0.15) is 0 Å². The number of anilines is 1. The highest BCUT2D eigenvalue weighted by molar-refractivity contribution is 5.91. The van der Waals surface area contributed by atoms with Crippen LogP contribution in [-0.2, 0) is 11.2 Å². The summed E-state index contributed by atoms with van der Waals surface area (Å²) in [5, 5.41) is 5.53. The zero-order valence-corrected chi connectivity index (χ0v) is 14.1. The van der Waals surface area contributed by atoms with E-state index >= 15 is 0 Å². The molecule has 0 saturated heterocycles. The van der Waals surface area contributed by atoms with Gasteiger partial charge in [-0.1, -0.05) is 32.0 Å². The number of carbonyl (C=O) groups is 2. The first-order valence-electron chi connectivity index (χ1n) is 7.76. The van der Waals surface area contributed by atoms with Gasteiger partial charge in [0.05, 0.1) is 6.42 Å². The Morgan fingerprint density at radius 1 is 1.18 bits per heavy atom. The van der Waals surface area contributed by atoms with E-state index in [0.717, 1.165) is 5.56 Å². The van der Waals surface area contributed by atoms with Gasteiger partial charge in [0.1, 0.15) is 0 Å². The van der Waals surface area contributed by atoms with Gasteiger partial charge in [-0.15, -0.1) is 0 Å². The first-order valence-corrected chi connectivity index (χ1v) is 7.76. The minimum Gasteiger partial charge on any atom is -0.359 e. The number of benzene rings is 1. The van der Waals surface area contributed by atoms with Crippen LogP contribution in [0.25, 0.3) is 0 Å². The molecule has 1 aromatic carbocycles. The fourth-order valence-electron chi connectivity index (χ4n) is 2.22. The van der Waals surface area contributed by atoms with Crippen molar-refractivity contribution in [2.45, 2.75) is 40.2 Å². The van der Waals surface area contributed by atoms with Crippen molar-refractivity contribution < 1.29 is 9.59 Å². The molecule has 3 amide bonds. The SMILES string of the molecule is CCN(C(=O)Nc1ccccc1CC(=O)NC)C(C)C(C)C. The molecule has 1 atom stereocenters. The van der Waals surface area contributed by atoms with Crippen LogP contribution in [0.3, 0.4) is 0 Å². The zero-order chi connectivity index (χ0) is 16.7. The van der Waals surface area contributed by atoms with Crippen LogP contribution < -0.4 is 10.6 Å². The van der Waals surface area contributed by atoms with Gasteiger partial charge in [-0.05, 0) is 31.4 Å². The van der Waals surface area contributed by atoms with E-state index < -0.39 is 0 Å². The third-order valence-corrected chi connectivity index (χ3v) is 3.95. The predicted molar refractivity (Wildman–Crippen MR) is 89.9 cm³/mol. The summed E-state index contributed by atoms with van der Waals surface area (Å²) in [5.74, 6) is 0.302. The molecule has 1 rings (SSSR count). The van der Waals surface area contributed by atoms with Crippen LogP contribution >= 0.6 is 0 Å². The second-order valence-electron chi connectivity index (χ2n) is 5.71. The molecule has 0 aliphatic rings. The fraction of sp³-hybridized carbons (Fsp3) is 0.529. The van der Waals surface area contributed by atoms with E-state index in [1.165, 1.54) is 0 Å². The van der Waals surface area contributed by atoms with Crippen LogP contribution in [-0.4, -0.2) is 36.5 Å². The molecule has 0 bridgehead atoms. The molecular weight excluding hydrogens is 278 g/mol. The molecule has 0 aliphatic heterocycles. The maximum atomic E-state index is 12.5. The first kappa shape index (κ1) is 18.0. The van der Waals surface area contributed by atoms with Gasteiger partial charge in [-0.3, -0.25) is 4.79 Å². The van der Waals surface area contributed by atoms with Crippen molar-refractivity contribution in [3.8, 4) is 0 Å². The third-order valence-electron chi connectivity index (χ3n) is 3.95. The Bertz CT molecular complexity index is 514. The summed E-state index contributed by atoms with van der Waals surface area (Å²) >= 11 is 0. The van der Waals surface area contributed by atoms with E-state index in [0.29, 0.717) is 18.2 Å². The number of nitrogens with zero attached hydrogens (tertiary/aromatic N) is 1. The van der Waals surface area contributed by atoms with Gasteiger partial charge >= 0.3 is 6.03 Å². The lowest BCUT2D eigenvalue weighted by atomic mass is 10.1. The minimum absolute atomic E-state index is 0.0791. The Balaban J connectivity index is 2.89. The number of nitrogens with one attached hydrogen (secondary N) is 2. The number of amides is 3. The molecule has 0 radical (unpaired) electrons. The lowest BCUT2D eigenvalue weighted by Crippen LogP contribution is -2.43. The van der Waals surface area contributed by atoms with Gasteiger partial charge in [0.2, 0.25) is 5.91 Å². The summed E-state index contributed by atoms with van der Waals surface area (Å²) in [6, 6.07) is 7.41. The molecule has 0 saturated carbocycles. The number of hydrogen-bond acceptors (Lipinski definition) is 2. The van der Waals surface area contributed by atoms with Crippen LogP contribution in [0.5, 0.6) is 0 Å². The second kappa shape index (κ2) is 8.41. The fourth-order valence-corrected chi connectivity index (χ4v) is 2.22. The third kappa shape index (κ3) is 4.76. The van der Waals surface area contributed by atoms with E-state index in [1.54, 1.807) is 11.9 Å². The van der Waals surface area contributed by atoms with Crippen molar-refractivity contribution in [2.75, 3.05) is 18.9 Å². The minimum atomic E-state index is -0.131. The van der Waals surface area contributed by atoms with Crippen molar-refractivity contribution in [1.29, 1.82) is 0 Å². The first-order chi connectivity index (χ1) is 10.4. The summed E-state index contributed by atoms with van der Waals surface area (Å²) in [6.45, 7) is 8.85. The van der Waals surface area contributed by atoms with E-state index in [4.69, 9.17) is 0 Å². The second-order valence-corrected chi connectivity index (χ2v) is 5.71. The van der Waals surface area contributed by atoms with Gasteiger partial charge in [0.15, 0.2) is 0 Å². The summed E-state index contributed by atoms with van der Waals surface area (Å²) in [5.41, 5.74) is 1.49. The van der Waals surface area contributed by atoms with Crippen LogP contribution in [0.15, 0.2) is 24.3 Å². The Morgan fingerprint density at radius 2 is 1.82 bits per heavy atom. The molecule has 0 heterocycles. The Hall–Kier alpha value is -2.04. The van der Waals surface area contributed by atoms with E-state index in [-0.39, 0.29) is 24.4 Å². The van der Waals surface area contributed by atoms with Gasteiger partial charge < -0.3 is 15.5 Å². The molecular formula is C17H27N3O2. The van der Waals surface area contributed by atoms with Gasteiger partial charge in [-0.25, -0.2) is 4.79 Å². The number of likely N-dealkylation sites (N-methyl/N-ethyl adjacent to an activating group) is 1. The Morgan fingerprint density at radius 3 is 2.36 bits per heavy atom.